The number of carbonyl (C=O) groups is 1. The second-order valence-electron chi connectivity index (χ2n) is 2.76. The molecule has 0 aromatic heterocycles. The summed E-state index contributed by atoms with van der Waals surface area (Å²) >= 11 is 0. The quantitative estimate of drug-likeness (QED) is 0.433. The van der Waals surface area contributed by atoms with E-state index in [2.05, 4.69) is 0 Å². The predicted molar refractivity (Wildman–Crippen MR) is 41.1 cm³/mol. The number of hydrogen-bond donors (Lipinski definition) is 4. The minimum Gasteiger partial charge on any atom is -0.450 e. The fraction of sp³-hybridized carbons (Fsp3) is 0.857. The van der Waals surface area contributed by atoms with Crippen LogP contribution < -0.4 is 0 Å². The molecule has 72 valence electrons. The molecule has 5 nitrogen and oxygen atoms in total. The Hall–Kier alpha value is -0.810. The van der Waals surface area contributed by atoms with Gasteiger partial charge in [-0.05, 0) is 25.7 Å². The summed E-state index contributed by atoms with van der Waals surface area (Å²) in [5, 5.41) is 31.8. The van der Waals surface area contributed by atoms with Gasteiger partial charge < -0.3 is 20.4 Å². The van der Waals surface area contributed by atoms with Crippen molar-refractivity contribution in [3.63, 3.8) is 0 Å². The Morgan fingerprint density at radius 2 is 1.42 bits per heavy atom. The largest absolute Gasteiger partial charge is 0.503 e. The standard InChI is InChI=1S/C6H12O2.CH2O3/c7-5-2-1-3-6(8)4-5;2-1(3)4/h5-8H,1-4H2;(H2,2,3,4). The topological polar surface area (TPSA) is 98.0 Å². The fourth-order valence-corrected chi connectivity index (χ4v) is 1.14. The normalized spacial score (nSPS) is 28.5. The molecule has 1 aliphatic carbocycles. The summed E-state index contributed by atoms with van der Waals surface area (Å²) in [7, 11) is 0. The zero-order chi connectivity index (χ0) is 9.56. The average molecular weight is 178 g/mol. The third kappa shape index (κ3) is 7.30. The minimum absolute atomic E-state index is 0.237. The van der Waals surface area contributed by atoms with Crippen molar-refractivity contribution in [2.24, 2.45) is 0 Å². The molecular formula is C7H14O5. The number of carboxylic acid groups (broad SMARTS) is 2. The van der Waals surface area contributed by atoms with E-state index < -0.39 is 6.16 Å². The van der Waals surface area contributed by atoms with Crippen molar-refractivity contribution in [1.82, 2.24) is 0 Å². The van der Waals surface area contributed by atoms with Gasteiger partial charge in [0.1, 0.15) is 0 Å². The monoisotopic (exact) mass is 178 g/mol. The molecule has 1 saturated carbocycles. The van der Waals surface area contributed by atoms with Gasteiger partial charge in [-0.1, -0.05) is 0 Å². The highest BCUT2D eigenvalue weighted by Gasteiger charge is 2.16. The Labute approximate surface area is 70.3 Å². The minimum atomic E-state index is -1.83. The van der Waals surface area contributed by atoms with E-state index in [1.807, 2.05) is 0 Å². The molecule has 0 aromatic carbocycles. The third-order valence-corrected chi connectivity index (χ3v) is 1.62. The van der Waals surface area contributed by atoms with Crippen LogP contribution >= 0.6 is 0 Å². The van der Waals surface area contributed by atoms with E-state index in [1.54, 1.807) is 0 Å². The zero-order valence-electron chi connectivity index (χ0n) is 6.68. The highest BCUT2D eigenvalue weighted by molar-refractivity contribution is 5.53. The smallest absolute Gasteiger partial charge is 0.450 e. The van der Waals surface area contributed by atoms with Crippen molar-refractivity contribution in [2.75, 3.05) is 0 Å². The summed E-state index contributed by atoms with van der Waals surface area (Å²) in [6.07, 6.45) is 0.994. The van der Waals surface area contributed by atoms with Crippen LogP contribution in [0.3, 0.4) is 0 Å². The predicted octanol–water partition coefficient (Wildman–Crippen LogP) is 0.505. The lowest BCUT2D eigenvalue weighted by atomic mass is 9.95. The lowest BCUT2D eigenvalue weighted by molar-refractivity contribution is 0.0406. The Morgan fingerprint density at radius 1 is 1.08 bits per heavy atom. The molecule has 0 saturated heterocycles. The zero-order valence-corrected chi connectivity index (χ0v) is 6.68. The maximum atomic E-state index is 8.92. The van der Waals surface area contributed by atoms with E-state index in [0.717, 1.165) is 19.3 Å². The molecule has 0 aromatic rings. The first-order chi connectivity index (χ1) is 5.52. The van der Waals surface area contributed by atoms with Crippen LogP contribution in [0.15, 0.2) is 0 Å². The number of aliphatic hydroxyl groups is 2. The molecule has 1 aliphatic rings. The van der Waals surface area contributed by atoms with Crippen LogP contribution in [-0.2, 0) is 0 Å². The first-order valence-corrected chi connectivity index (χ1v) is 3.80. The van der Waals surface area contributed by atoms with E-state index in [-0.39, 0.29) is 12.2 Å². The van der Waals surface area contributed by atoms with Gasteiger partial charge >= 0.3 is 6.16 Å². The van der Waals surface area contributed by atoms with Crippen LogP contribution in [-0.4, -0.2) is 38.8 Å². The summed E-state index contributed by atoms with van der Waals surface area (Å²) < 4.78 is 0. The molecule has 1 fully saturated rings. The van der Waals surface area contributed by atoms with Gasteiger partial charge in [0.15, 0.2) is 0 Å². The van der Waals surface area contributed by atoms with Gasteiger partial charge in [0, 0.05) is 0 Å². The van der Waals surface area contributed by atoms with Crippen molar-refractivity contribution in [3.8, 4) is 0 Å². The lowest BCUT2D eigenvalue weighted by Gasteiger charge is -2.20. The summed E-state index contributed by atoms with van der Waals surface area (Å²) in [5.41, 5.74) is 0. The number of aliphatic hydroxyl groups excluding tert-OH is 2. The molecule has 1 rings (SSSR count). The van der Waals surface area contributed by atoms with E-state index in [9.17, 15) is 0 Å². The first-order valence-electron chi connectivity index (χ1n) is 3.80. The second-order valence-corrected chi connectivity index (χ2v) is 2.76. The number of hydrogen-bond acceptors (Lipinski definition) is 3. The Bertz CT molecular complexity index is 124. The Morgan fingerprint density at radius 3 is 1.58 bits per heavy atom. The molecule has 0 bridgehead atoms. The first kappa shape index (κ1) is 11.2. The maximum Gasteiger partial charge on any atom is 0.503 e. The van der Waals surface area contributed by atoms with Crippen LogP contribution in [0, 0.1) is 0 Å². The average Bonchev–Trinajstić information content (AvgIpc) is 1.84. The summed E-state index contributed by atoms with van der Waals surface area (Å²) in [6, 6.07) is 0. The van der Waals surface area contributed by atoms with Crippen LogP contribution in [0.5, 0.6) is 0 Å². The molecule has 12 heavy (non-hydrogen) atoms. The van der Waals surface area contributed by atoms with Gasteiger partial charge in [-0.15, -0.1) is 0 Å². The van der Waals surface area contributed by atoms with Crippen LogP contribution in [0.25, 0.3) is 0 Å². The van der Waals surface area contributed by atoms with Gasteiger partial charge in [-0.25, -0.2) is 4.79 Å². The van der Waals surface area contributed by atoms with Gasteiger partial charge in [-0.2, -0.15) is 0 Å². The highest BCUT2D eigenvalue weighted by atomic mass is 16.6. The number of rotatable bonds is 0. The van der Waals surface area contributed by atoms with Gasteiger partial charge in [0.05, 0.1) is 12.2 Å². The van der Waals surface area contributed by atoms with Gasteiger partial charge in [0.2, 0.25) is 0 Å². The van der Waals surface area contributed by atoms with E-state index in [1.165, 1.54) is 0 Å². The van der Waals surface area contributed by atoms with E-state index in [0.29, 0.717) is 6.42 Å². The lowest BCUT2D eigenvalue weighted by Crippen LogP contribution is -2.22. The van der Waals surface area contributed by atoms with Gasteiger partial charge in [-0.3, -0.25) is 0 Å². The van der Waals surface area contributed by atoms with Gasteiger partial charge in [0.25, 0.3) is 0 Å². The third-order valence-electron chi connectivity index (χ3n) is 1.62. The van der Waals surface area contributed by atoms with E-state index in [4.69, 9.17) is 25.2 Å². The Kier molecular flexibility index (Phi) is 5.40. The molecule has 0 heterocycles. The molecule has 4 N–H and O–H groups in total. The van der Waals surface area contributed by atoms with Crippen molar-refractivity contribution in [2.45, 2.75) is 37.9 Å². The highest BCUT2D eigenvalue weighted by Crippen LogP contribution is 2.17. The van der Waals surface area contributed by atoms with Crippen molar-refractivity contribution >= 4 is 6.16 Å². The van der Waals surface area contributed by atoms with E-state index >= 15 is 0 Å². The summed E-state index contributed by atoms with van der Waals surface area (Å²) in [4.78, 5) is 8.56. The molecule has 0 radical (unpaired) electrons. The molecule has 0 spiro atoms. The summed E-state index contributed by atoms with van der Waals surface area (Å²) in [5.74, 6) is 0. The molecular weight excluding hydrogens is 164 g/mol. The van der Waals surface area contributed by atoms with Crippen LogP contribution in [0.1, 0.15) is 25.7 Å². The maximum absolute atomic E-state index is 8.92. The summed E-state index contributed by atoms with van der Waals surface area (Å²) in [6.45, 7) is 0. The van der Waals surface area contributed by atoms with Crippen molar-refractivity contribution in [3.05, 3.63) is 0 Å². The fourth-order valence-electron chi connectivity index (χ4n) is 1.14. The SMILES string of the molecule is O=C(O)O.OC1CCCC(O)C1. The molecule has 2 atom stereocenters. The van der Waals surface area contributed by atoms with Crippen molar-refractivity contribution < 1.29 is 25.2 Å². The second kappa shape index (κ2) is 5.79. The molecule has 5 heteroatoms. The molecule has 0 aliphatic heterocycles. The van der Waals surface area contributed by atoms with Crippen LogP contribution in [0.4, 0.5) is 4.79 Å². The molecule has 2 unspecified atom stereocenters. The van der Waals surface area contributed by atoms with Crippen molar-refractivity contribution in [1.29, 1.82) is 0 Å². The molecule has 0 amide bonds. The Balaban J connectivity index is 0.000000261. The van der Waals surface area contributed by atoms with Crippen LogP contribution in [0.2, 0.25) is 0 Å².